The fraction of sp³-hybridized carbons (Fsp3) is 0.750. The van der Waals surface area contributed by atoms with Gasteiger partial charge in [0.05, 0.1) is 6.61 Å². The third-order valence-corrected chi connectivity index (χ3v) is 1.76. The van der Waals surface area contributed by atoms with Gasteiger partial charge >= 0.3 is 0 Å². The summed E-state index contributed by atoms with van der Waals surface area (Å²) in [6.07, 6.45) is 3.44. The predicted molar refractivity (Wildman–Crippen MR) is 51.5 cm³/mol. The van der Waals surface area contributed by atoms with Crippen molar-refractivity contribution in [3.63, 3.8) is 0 Å². The molecular weight excluding hydrogens is 199 g/mol. The van der Waals surface area contributed by atoms with Gasteiger partial charge in [-0.1, -0.05) is 29.8 Å². The molecule has 2 nitrogen and oxygen atoms in total. The molecule has 0 saturated carbocycles. The summed E-state index contributed by atoms with van der Waals surface area (Å²) in [5, 5.41) is 8.19. The van der Waals surface area contributed by atoms with E-state index in [0.29, 0.717) is 0 Å². The topological polar surface area (TPSA) is 29.5 Å². The molecule has 0 spiro atoms. The Kier molecular flexibility index (Phi) is 8.02. The van der Waals surface area contributed by atoms with Gasteiger partial charge in [0.15, 0.2) is 0 Å². The van der Waals surface area contributed by atoms with Crippen LogP contribution in [0.25, 0.3) is 0 Å². The molecule has 1 N–H and O–H groups in total. The lowest BCUT2D eigenvalue weighted by Gasteiger charge is -2.15. The maximum atomic E-state index is 7.91. The minimum Gasteiger partial charge on any atom is -0.391 e. The Morgan fingerprint density at radius 2 is 2.17 bits per heavy atom. The molecule has 1 aliphatic rings. The molecule has 1 heterocycles. The van der Waals surface area contributed by atoms with Gasteiger partial charge in [-0.15, -0.1) is 0 Å². The first kappa shape index (κ1) is 12.2. The molecule has 0 aromatic heterocycles. The smallest absolute Gasteiger partial charge is 0.131 e. The van der Waals surface area contributed by atoms with Gasteiger partial charge in [0, 0.05) is 11.6 Å². The number of hydrogen-bond donors (Lipinski definition) is 1. The van der Waals surface area contributed by atoms with Crippen LogP contribution in [0.4, 0.5) is 0 Å². The monoisotopic (exact) mass is 212 g/mol. The summed E-state index contributed by atoms with van der Waals surface area (Å²) in [5.41, 5.74) is 0.00810. The lowest BCUT2D eigenvalue weighted by atomic mass is 10.2. The minimum absolute atomic E-state index is 0.00810. The molecule has 72 valence electrons. The average Bonchev–Trinajstić information content (AvgIpc) is 2.07. The van der Waals surface area contributed by atoms with Gasteiger partial charge in [-0.05, 0) is 19.3 Å². The summed E-state index contributed by atoms with van der Waals surface area (Å²) in [6, 6.07) is 0. The molecule has 0 radical (unpaired) electrons. The van der Waals surface area contributed by atoms with Crippen LogP contribution in [0.5, 0.6) is 0 Å². The second kappa shape index (κ2) is 7.87. The molecule has 0 aliphatic carbocycles. The van der Waals surface area contributed by atoms with Crippen LogP contribution < -0.4 is 0 Å². The summed E-state index contributed by atoms with van der Waals surface area (Å²) >= 11 is 10.6. The van der Waals surface area contributed by atoms with Crippen LogP contribution >= 0.6 is 23.2 Å². The van der Waals surface area contributed by atoms with Gasteiger partial charge in [-0.25, -0.2) is 0 Å². The normalized spacial score (nSPS) is 22.4. The first-order valence-electron chi connectivity index (χ1n) is 3.86. The molecule has 1 saturated heterocycles. The van der Waals surface area contributed by atoms with Crippen molar-refractivity contribution < 1.29 is 9.84 Å². The van der Waals surface area contributed by atoms with Gasteiger partial charge in [-0.3, -0.25) is 0 Å². The molecule has 12 heavy (non-hydrogen) atoms. The number of aliphatic hydroxyl groups is 1. The van der Waals surface area contributed by atoms with Crippen molar-refractivity contribution in [2.45, 2.75) is 24.8 Å². The van der Waals surface area contributed by atoms with Crippen LogP contribution in [0.3, 0.4) is 0 Å². The van der Waals surface area contributed by atoms with Crippen molar-refractivity contribution in [1.82, 2.24) is 0 Å². The van der Waals surface area contributed by atoms with Crippen molar-refractivity contribution in [3.8, 4) is 0 Å². The third-order valence-electron chi connectivity index (χ3n) is 1.30. The van der Waals surface area contributed by atoms with Gasteiger partial charge in [0.25, 0.3) is 0 Å². The summed E-state index contributed by atoms with van der Waals surface area (Å²) in [7, 11) is 0. The molecule has 1 atom stereocenters. The van der Waals surface area contributed by atoms with E-state index in [4.69, 9.17) is 33.0 Å². The molecule has 1 unspecified atom stereocenters. The van der Waals surface area contributed by atoms with Crippen LogP contribution in [0.2, 0.25) is 0 Å². The number of rotatable bonds is 1. The number of hydrogen-bond acceptors (Lipinski definition) is 2. The van der Waals surface area contributed by atoms with E-state index in [-0.39, 0.29) is 17.2 Å². The highest BCUT2D eigenvalue weighted by Crippen LogP contribution is 2.14. The molecule has 0 amide bonds. The van der Waals surface area contributed by atoms with Crippen LogP contribution in [0, 0.1) is 0 Å². The highest BCUT2D eigenvalue weighted by Gasteiger charge is 2.08. The molecule has 0 aromatic carbocycles. The van der Waals surface area contributed by atoms with Gasteiger partial charge in [-0.2, -0.15) is 0 Å². The first-order valence-corrected chi connectivity index (χ1v) is 4.68. The molecular formula is C8H14Cl2O2. The Hall–Kier alpha value is 0.240. The Morgan fingerprint density at radius 3 is 2.33 bits per heavy atom. The molecule has 0 aromatic rings. The SMILES string of the molecule is C=C(Cl)CO.ClC1CCCCO1. The third kappa shape index (κ3) is 8.34. The largest absolute Gasteiger partial charge is 0.391 e. The highest BCUT2D eigenvalue weighted by molar-refractivity contribution is 6.29. The lowest BCUT2D eigenvalue weighted by molar-refractivity contribution is 0.0680. The van der Waals surface area contributed by atoms with E-state index < -0.39 is 0 Å². The van der Waals surface area contributed by atoms with Crippen molar-refractivity contribution in [3.05, 3.63) is 11.6 Å². The fourth-order valence-corrected chi connectivity index (χ4v) is 0.945. The minimum atomic E-state index is -0.123. The van der Waals surface area contributed by atoms with Crippen LogP contribution in [0.15, 0.2) is 11.6 Å². The maximum absolute atomic E-state index is 7.91. The van der Waals surface area contributed by atoms with Crippen molar-refractivity contribution in [1.29, 1.82) is 0 Å². The Balaban J connectivity index is 0.000000217. The van der Waals surface area contributed by atoms with E-state index >= 15 is 0 Å². The van der Waals surface area contributed by atoms with Crippen molar-refractivity contribution in [2.75, 3.05) is 13.2 Å². The molecule has 1 rings (SSSR count). The summed E-state index contributed by atoms with van der Waals surface area (Å²) < 4.78 is 5.04. The van der Waals surface area contributed by atoms with E-state index in [1.807, 2.05) is 0 Å². The zero-order valence-electron chi connectivity index (χ0n) is 6.93. The standard InChI is InChI=1S/C5H9ClO.C3H5ClO/c6-5-3-1-2-4-7-5;1-3(4)2-5/h5H,1-4H2;5H,1-2H2. The highest BCUT2D eigenvalue weighted by atomic mass is 35.5. The van der Waals surface area contributed by atoms with Crippen LogP contribution in [-0.2, 0) is 4.74 Å². The molecule has 1 fully saturated rings. The summed E-state index contributed by atoms with van der Waals surface area (Å²) in [6.45, 7) is 3.92. The zero-order chi connectivity index (χ0) is 9.40. The number of alkyl halides is 1. The zero-order valence-corrected chi connectivity index (χ0v) is 8.44. The van der Waals surface area contributed by atoms with Crippen molar-refractivity contribution >= 4 is 23.2 Å². The van der Waals surface area contributed by atoms with Gasteiger partial charge < -0.3 is 9.84 Å². The molecule has 0 bridgehead atoms. The molecule has 1 aliphatic heterocycles. The second-order valence-electron chi connectivity index (χ2n) is 2.45. The second-order valence-corrected chi connectivity index (χ2v) is 3.47. The summed E-state index contributed by atoms with van der Waals surface area (Å²) in [5.74, 6) is 0. The number of halogens is 2. The summed E-state index contributed by atoms with van der Waals surface area (Å²) in [4.78, 5) is 0. The van der Waals surface area contributed by atoms with E-state index in [9.17, 15) is 0 Å². The quantitative estimate of drug-likeness (QED) is 0.678. The maximum Gasteiger partial charge on any atom is 0.131 e. The van der Waals surface area contributed by atoms with Crippen molar-refractivity contribution in [2.24, 2.45) is 0 Å². The average molecular weight is 213 g/mol. The van der Waals surface area contributed by atoms with E-state index in [1.165, 1.54) is 12.8 Å². The Labute approximate surface area is 83.1 Å². The predicted octanol–water partition coefficient (Wildman–Crippen LogP) is 2.48. The van der Waals surface area contributed by atoms with E-state index in [2.05, 4.69) is 6.58 Å². The van der Waals surface area contributed by atoms with Gasteiger partial charge in [0.1, 0.15) is 5.56 Å². The number of ether oxygens (including phenoxy) is 1. The van der Waals surface area contributed by atoms with Crippen LogP contribution in [-0.4, -0.2) is 23.9 Å². The lowest BCUT2D eigenvalue weighted by Crippen LogP contribution is -2.11. The fourth-order valence-electron chi connectivity index (χ4n) is 0.701. The van der Waals surface area contributed by atoms with E-state index in [1.54, 1.807) is 0 Å². The Bertz CT molecular complexity index is 122. The Morgan fingerprint density at radius 1 is 1.58 bits per heavy atom. The first-order chi connectivity index (χ1) is 5.66. The van der Waals surface area contributed by atoms with E-state index in [0.717, 1.165) is 13.0 Å². The molecule has 4 heteroatoms. The van der Waals surface area contributed by atoms with Gasteiger partial charge in [0.2, 0.25) is 0 Å². The van der Waals surface area contributed by atoms with Crippen LogP contribution in [0.1, 0.15) is 19.3 Å². The number of aliphatic hydroxyl groups excluding tert-OH is 1.